The molecule has 0 bridgehead atoms. The summed E-state index contributed by atoms with van der Waals surface area (Å²) in [6.07, 6.45) is 3.10. The van der Waals surface area contributed by atoms with Gasteiger partial charge in [0.2, 0.25) is 0 Å². The van der Waals surface area contributed by atoms with Crippen LogP contribution in [-0.2, 0) is 11.3 Å². The Bertz CT molecular complexity index is 568. The standard InChI is InChI=1S/C14H22N6O/c1-2-3-8-21-9-4-7-20-14(17-18-19-20)12-6-5-11(15)10-13(12)16/h5-6,10H,2-4,7-9,15-16H2,1H3. The van der Waals surface area contributed by atoms with E-state index in [0.29, 0.717) is 30.4 Å². The molecule has 0 aliphatic carbocycles. The van der Waals surface area contributed by atoms with Crippen molar-refractivity contribution in [3.05, 3.63) is 18.2 Å². The van der Waals surface area contributed by atoms with E-state index in [2.05, 4.69) is 22.4 Å². The van der Waals surface area contributed by atoms with Gasteiger partial charge in [-0.25, -0.2) is 4.68 Å². The van der Waals surface area contributed by atoms with Crippen molar-refractivity contribution in [1.82, 2.24) is 20.2 Å². The summed E-state index contributed by atoms with van der Waals surface area (Å²) in [6.45, 7) is 4.35. The number of rotatable bonds is 8. The molecule has 0 aliphatic rings. The number of unbranched alkanes of at least 4 members (excludes halogenated alkanes) is 1. The Morgan fingerprint density at radius 1 is 1.19 bits per heavy atom. The van der Waals surface area contributed by atoms with Gasteiger partial charge in [-0.15, -0.1) is 5.10 Å². The highest BCUT2D eigenvalue weighted by Crippen LogP contribution is 2.25. The summed E-state index contributed by atoms with van der Waals surface area (Å²) in [5.41, 5.74) is 13.7. The van der Waals surface area contributed by atoms with Gasteiger partial charge >= 0.3 is 0 Å². The van der Waals surface area contributed by atoms with Gasteiger partial charge in [0.05, 0.1) is 0 Å². The van der Waals surface area contributed by atoms with E-state index in [-0.39, 0.29) is 0 Å². The molecule has 1 aromatic carbocycles. The van der Waals surface area contributed by atoms with Gasteiger partial charge in [-0.1, -0.05) is 13.3 Å². The van der Waals surface area contributed by atoms with Crippen LogP contribution in [0.2, 0.25) is 0 Å². The predicted octanol–water partition coefficient (Wildman–Crippen LogP) is 1.71. The van der Waals surface area contributed by atoms with Crippen LogP contribution >= 0.6 is 0 Å². The van der Waals surface area contributed by atoms with Gasteiger partial charge in [-0.3, -0.25) is 0 Å². The third-order valence-corrected chi connectivity index (χ3v) is 3.15. The van der Waals surface area contributed by atoms with E-state index >= 15 is 0 Å². The molecule has 7 heteroatoms. The molecule has 0 aliphatic heterocycles. The maximum Gasteiger partial charge on any atom is 0.184 e. The van der Waals surface area contributed by atoms with Crippen LogP contribution in [0.3, 0.4) is 0 Å². The number of nitrogens with zero attached hydrogens (tertiary/aromatic N) is 4. The van der Waals surface area contributed by atoms with Crippen molar-refractivity contribution in [2.75, 3.05) is 24.7 Å². The Morgan fingerprint density at radius 3 is 2.76 bits per heavy atom. The Hall–Kier alpha value is -2.15. The predicted molar refractivity (Wildman–Crippen MR) is 82.4 cm³/mol. The summed E-state index contributed by atoms with van der Waals surface area (Å²) in [5, 5.41) is 11.8. The molecule has 0 unspecified atom stereocenters. The number of hydrogen-bond donors (Lipinski definition) is 2. The van der Waals surface area contributed by atoms with Crippen molar-refractivity contribution in [2.24, 2.45) is 0 Å². The average Bonchev–Trinajstić information content (AvgIpc) is 2.91. The van der Waals surface area contributed by atoms with Gasteiger partial charge in [0, 0.05) is 36.7 Å². The fourth-order valence-corrected chi connectivity index (χ4v) is 2.00. The van der Waals surface area contributed by atoms with Crippen LogP contribution in [-0.4, -0.2) is 33.4 Å². The molecule has 2 rings (SSSR count). The number of tetrazole rings is 1. The van der Waals surface area contributed by atoms with Gasteiger partial charge in [0.25, 0.3) is 0 Å². The second-order valence-corrected chi connectivity index (χ2v) is 4.89. The van der Waals surface area contributed by atoms with E-state index in [1.165, 1.54) is 0 Å². The molecule has 2 aromatic rings. The van der Waals surface area contributed by atoms with Gasteiger partial charge in [0.15, 0.2) is 5.82 Å². The van der Waals surface area contributed by atoms with E-state index in [4.69, 9.17) is 16.2 Å². The monoisotopic (exact) mass is 290 g/mol. The zero-order chi connectivity index (χ0) is 15.1. The van der Waals surface area contributed by atoms with Crippen molar-refractivity contribution < 1.29 is 4.74 Å². The fourth-order valence-electron chi connectivity index (χ4n) is 2.00. The lowest BCUT2D eigenvalue weighted by Gasteiger charge is -2.08. The van der Waals surface area contributed by atoms with Crippen LogP contribution in [0.25, 0.3) is 11.4 Å². The number of nitrogen functional groups attached to an aromatic ring is 2. The SMILES string of the molecule is CCCCOCCCn1nnnc1-c1ccc(N)cc1N. The van der Waals surface area contributed by atoms with Gasteiger partial charge < -0.3 is 16.2 Å². The third kappa shape index (κ3) is 4.16. The molecule has 0 radical (unpaired) electrons. The molecular weight excluding hydrogens is 268 g/mol. The summed E-state index contributed by atoms with van der Waals surface area (Å²) in [4.78, 5) is 0. The molecule has 1 aromatic heterocycles. The van der Waals surface area contributed by atoms with E-state index in [1.807, 2.05) is 6.07 Å². The normalized spacial score (nSPS) is 10.9. The Balaban J connectivity index is 1.95. The minimum atomic E-state index is 0.574. The number of aryl methyl sites for hydroxylation is 1. The second kappa shape index (κ2) is 7.58. The lowest BCUT2D eigenvalue weighted by Crippen LogP contribution is -2.07. The fraction of sp³-hybridized carbons (Fsp3) is 0.500. The largest absolute Gasteiger partial charge is 0.399 e. The van der Waals surface area contributed by atoms with Gasteiger partial charge in [-0.2, -0.15) is 0 Å². The van der Waals surface area contributed by atoms with Crippen LogP contribution in [0.15, 0.2) is 18.2 Å². The Labute approximate surface area is 124 Å². The van der Waals surface area contributed by atoms with Crippen molar-refractivity contribution in [3.63, 3.8) is 0 Å². The molecule has 0 saturated carbocycles. The van der Waals surface area contributed by atoms with E-state index < -0.39 is 0 Å². The summed E-state index contributed by atoms with van der Waals surface area (Å²) < 4.78 is 7.28. The summed E-state index contributed by atoms with van der Waals surface area (Å²) in [7, 11) is 0. The molecular formula is C14H22N6O. The lowest BCUT2D eigenvalue weighted by molar-refractivity contribution is 0.125. The van der Waals surface area contributed by atoms with Crippen molar-refractivity contribution in [1.29, 1.82) is 0 Å². The maximum absolute atomic E-state index is 5.98. The van der Waals surface area contributed by atoms with E-state index in [1.54, 1.807) is 16.8 Å². The van der Waals surface area contributed by atoms with Crippen LogP contribution in [0.4, 0.5) is 11.4 Å². The first-order valence-electron chi connectivity index (χ1n) is 7.21. The van der Waals surface area contributed by atoms with Crippen LogP contribution in [0, 0.1) is 0 Å². The quantitative estimate of drug-likeness (QED) is 0.566. The first-order valence-corrected chi connectivity index (χ1v) is 7.21. The summed E-state index contributed by atoms with van der Waals surface area (Å²) >= 11 is 0. The lowest BCUT2D eigenvalue weighted by atomic mass is 10.1. The van der Waals surface area contributed by atoms with E-state index in [0.717, 1.165) is 31.4 Å². The molecule has 21 heavy (non-hydrogen) atoms. The molecule has 0 atom stereocenters. The van der Waals surface area contributed by atoms with Gasteiger partial charge in [-0.05, 0) is 41.5 Å². The first kappa shape index (κ1) is 15.2. The highest BCUT2D eigenvalue weighted by atomic mass is 16.5. The topological polar surface area (TPSA) is 105 Å². The van der Waals surface area contributed by atoms with E-state index in [9.17, 15) is 0 Å². The number of nitrogens with two attached hydrogens (primary N) is 2. The average molecular weight is 290 g/mol. The van der Waals surface area contributed by atoms with Crippen molar-refractivity contribution in [2.45, 2.75) is 32.7 Å². The maximum atomic E-state index is 5.98. The number of ether oxygens (including phenoxy) is 1. The number of hydrogen-bond acceptors (Lipinski definition) is 6. The van der Waals surface area contributed by atoms with Crippen LogP contribution in [0.1, 0.15) is 26.2 Å². The molecule has 0 fully saturated rings. The third-order valence-electron chi connectivity index (χ3n) is 3.15. The smallest absolute Gasteiger partial charge is 0.184 e. The molecule has 4 N–H and O–H groups in total. The van der Waals surface area contributed by atoms with Crippen LogP contribution in [0.5, 0.6) is 0 Å². The Morgan fingerprint density at radius 2 is 2.00 bits per heavy atom. The number of anilines is 2. The molecule has 0 amide bonds. The first-order chi connectivity index (χ1) is 10.2. The zero-order valence-electron chi connectivity index (χ0n) is 12.3. The highest BCUT2D eigenvalue weighted by molar-refractivity contribution is 5.74. The molecule has 114 valence electrons. The zero-order valence-corrected chi connectivity index (χ0v) is 12.3. The minimum Gasteiger partial charge on any atom is -0.399 e. The van der Waals surface area contributed by atoms with Gasteiger partial charge in [0.1, 0.15) is 0 Å². The molecule has 0 spiro atoms. The summed E-state index contributed by atoms with van der Waals surface area (Å²) in [6, 6.07) is 5.34. The molecule has 0 saturated heterocycles. The molecule has 7 nitrogen and oxygen atoms in total. The van der Waals surface area contributed by atoms with Crippen molar-refractivity contribution >= 4 is 11.4 Å². The van der Waals surface area contributed by atoms with Crippen molar-refractivity contribution in [3.8, 4) is 11.4 Å². The molecule has 1 heterocycles. The number of benzene rings is 1. The Kier molecular flexibility index (Phi) is 5.51. The summed E-state index contributed by atoms with van der Waals surface area (Å²) in [5.74, 6) is 0.654. The minimum absolute atomic E-state index is 0.574. The number of aromatic nitrogens is 4. The second-order valence-electron chi connectivity index (χ2n) is 4.89. The highest BCUT2D eigenvalue weighted by Gasteiger charge is 2.11. The van der Waals surface area contributed by atoms with Crippen LogP contribution < -0.4 is 11.5 Å².